The maximum Gasteiger partial charge on any atom is 0.274 e. The Morgan fingerprint density at radius 2 is 1.93 bits per heavy atom. The van der Waals surface area contributed by atoms with Crippen LogP contribution in [0.25, 0.3) is 22.0 Å². The lowest BCUT2D eigenvalue weighted by atomic mass is 10.1. The van der Waals surface area contributed by atoms with Gasteiger partial charge in [-0.2, -0.15) is 10.2 Å². The fourth-order valence-electron chi connectivity index (χ4n) is 3.41. The maximum atomic E-state index is 12.6. The van der Waals surface area contributed by atoms with Crippen molar-refractivity contribution in [2.75, 3.05) is 6.79 Å². The highest BCUT2D eigenvalue weighted by atomic mass is 16.7. The second-order valence-electron chi connectivity index (χ2n) is 6.84. The van der Waals surface area contributed by atoms with Crippen LogP contribution in [0.15, 0.2) is 53.3 Å². The first-order valence-corrected chi connectivity index (χ1v) is 9.29. The van der Waals surface area contributed by atoms with Gasteiger partial charge in [-0.15, -0.1) is 0 Å². The summed E-state index contributed by atoms with van der Waals surface area (Å²) >= 11 is 0. The van der Waals surface area contributed by atoms with Crippen molar-refractivity contribution in [2.24, 2.45) is 7.05 Å². The van der Waals surface area contributed by atoms with Crippen LogP contribution in [0, 0.1) is 0 Å². The molecule has 0 unspecified atom stereocenters. The van der Waals surface area contributed by atoms with Gasteiger partial charge in [0.15, 0.2) is 11.5 Å². The average molecular weight is 403 g/mol. The molecule has 0 spiro atoms. The van der Waals surface area contributed by atoms with Crippen LogP contribution in [0.2, 0.25) is 0 Å². The van der Waals surface area contributed by atoms with Crippen molar-refractivity contribution < 1.29 is 14.3 Å². The van der Waals surface area contributed by atoms with E-state index in [4.69, 9.17) is 9.47 Å². The third kappa shape index (κ3) is 3.06. The van der Waals surface area contributed by atoms with Crippen molar-refractivity contribution in [3.05, 3.63) is 70.3 Å². The lowest BCUT2D eigenvalue weighted by molar-refractivity contribution is 0.0945. The number of aromatic amines is 1. The predicted octanol–water partition coefficient (Wildman–Crippen LogP) is 1.98. The Morgan fingerprint density at radius 1 is 1.13 bits per heavy atom. The number of aryl methyl sites for hydroxylation is 1. The van der Waals surface area contributed by atoms with Gasteiger partial charge < -0.3 is 14.8 Å². The lowest BCUT2D eigenvalue weighted by Crippen LogP contribution is -2.27. The molecule has 1 aliphatic heterocycles. The third-order valence-electron chi connectivity index (χ3n) is 4.94. The van der Waals surface area contributed by atoms with Crippen molar-refractivity contribution >= 4 is 16.7 Å². The standard InChI is InChI=1S/C21H17N5O4/c1-26-21(28)14-5-3-2-4-13(14)17(25-26)10-22-20(27)16-9-15(23-24-16)12-6-7-18-19(8-12)30-11-29-18/h2-9H,10-11H2,1H3,(H,22,27)(H,23,24). The number of hydrogen-bond donors (Lipinski definition) is 2. The van der Waals surface area contributed by atoms with Gasteiger partial charge in [-0.05, 0) is 30.3 Å². The molecule has 0 saturated carbocycles. The van der Waals surface area contributed by atoms with Gasteiger partial charge in [-0.3, -0.25) is 14.7 Å². The molecule has 9 nitrogen and oxygen atoms in total. The Balaban J connectivity index is 1.35. The molecule has 0 radical (unpaired) electrons. The first kappa shape index (κ1) is 17.9. The molecule has 3 heterocycles. The van der Waals surface area contributed by atoms with Gasteiger partial charge in [0.2, 0.25) is 6.79 Å². The van der Waals surface area contributed by atoms with E-state index in [2.05, 4.69) is 20.6 Å². The van der Waals surface area contributed by atoms with Gasteiger partial charge in [0.1, 0.15) is 5.69 Å². The minimum absolute atomic E-state index is 0.172. The molecule has 2 N–H and O–H groups in total. The number of fused-ring (bicyclic) bond motifs is 2. The van der Waals surface area contributed by atoms with Crippen molar-refractivity contribution in [1.82, 2.24) is 25.3 Å². The highest BCUT2D eigenvalue weighted by molar-refractivity contribution is 5.93. The Kier molecular flexibility index (Phi) is 4.20. The number of hydrogen-bond acceptors (Lipinski definition) is 6. The van der Waals surface area contributed by atoms with Gasteiger partial charge in [0, 0.05) is 18.0 Å². The number of carbonyl (C=O) groups is 1. The van der Waals surface area contributed by atoms with Crippen molar-refractivity contribution in [3.8, 4) is 22.8 Å². The maximum absolute atomic E-state index is 12.6. The Bertz CT molecular complexity index is 1340. The summed E-state index contributed by atoms with van der Waals surface area (Å²) in [5.41, 5.74) is 2.17. The number of nitrogens with zero attached hydrogens (tertiary/aromatic N) is 3. The lowest BCUT2D eigenvalue weighted by Gasteiger charge is -2.08. The number of benzene rings is 2. The molecule has 0 fully saturated rings. The number of aromatic nitrogens is 4. The first-order valence-electron chi connectivity index (χ1n) is 9.29. The summed E-state index contributed by atoms with van der Waals surface area (Å²) in [6.07, 6.45) is 0. The van der Waals surface area contributed by atoms with E-state index in [0.29, 0.717) is 39.4 Å². The zero-order chi connectivity index (χ0) is 20.7. The van der Waals surface area contributed by atoms with Crippen LogP contribution in [0.3, 0.4) is 0 Å². The summed E-state index contributed by atoms with van der Waals surface area (Å²) in [5, 5.41) is 15.4. The third-order valence-corrected chi connectivity index (χ3v) is 4.94. The van der Waals surface area contributed by atoms with E-state index < -0.39 is 0 Å². The number of amides is 1. The molecule has 9 heteroatoms. The molecule has 30 heavy (non-hydrogen) atoms. The second-order valence-corrected chi connectivity index (χ2v) is 6.84. The van der Waals surface area contributed by atoms with E-state index in [1.807, 2.05) is 30.3 Å². The summed E-state index contributed by atoms with van der Waals surface area (Å²) in [6.45, 7) is 0.368. The molecule has 0 bridgehead atoms. The number of ether oxygens (including phenoxy) is 2. The summed E-state index contributed by atoms with van der Waals surface area (Å²) < 4.78 is 12.0. The van der Waals surface area contributed by atoms with Gasteiger partial charge in [-0.1, -0.05) is 18.2 Å². The predicted molar refractivity (Wildman–Crippen MR) is 108 cm³/mol. The molecular formula is C21H17N5O4. The molecule has 0 aliphatic carbocycles. The Morgan fingerprint density at radius 3 is 2.80 bits per heavy atom. The van der Waals surface area contributed by atoms with Crippen molar-refractivity contribution in [3.63, 3.8) is 0 Å². The molecule has 1 aliphatic rings. The molecule has 1 amide bonds. The van der Waals surface area contributed by atoms with Crippen LogP contribution in [0.5, 0.6) is 11.5 Å². The van der Waals surface area contributed by atoms with Crippen LogP contribution in [0.4, 0.5) is 0 Å². The van der Waals surface area contributed by atoms with Gasteiger partial charge >= 0.3 is 0 Å². The number of rotatable bonds is 4. The van der Waals surface area contributed by atoms with E-state index in [1.54, 1.807) is 25.2 Å². The first-order chi connectivity index (χ1) is 14.6. The number of nitrogens with one attached hydrogen (secondary N) is 2. The smallest absolute Gasteiger partial charge is 0.274 e. The molecule has 2 aromatic carbocycles. The second kappa shape index (κ2) is 7.03. The molecule has 2 aromatic heterocycles. The van der Waals surface area contributed by atoms with Gasteiger partial charge in [-0.25, -0.2) is 4.68 Å². The summed E-state index contributed by atoms with van der Waals surface area (Å²) in [6, 6.07) is 14.3. The van der Waals surface area contributed by atoms with Gasteiger partial charge in [0.05, 0.1) is 23.3 Å². The van der Waals surface area contributed by atoms with Crippen molar-refractivity contribution in [2.45, 2.75) is 6.54 Å². The SMILES string of the molecule is Cn1nc(CNC(=O)c2cc(-c3ccc4c(c3)OCO4)n[nH]2)c2ccccc2c1=O. The topological polar surface area (TPSA) is 111 Å². The Labute approximate surface area is 170 Å². The summed E-state index contributed by atoms with van der Waals surface area (Å²) in [7, 11) is 1.59. The highest BCUT2D eigenvalue weighted by Crippen LogP contribution is 2.35. The molecule has 5 rings (SSSR count). The average Bonchev–Trinajstić information content (AvgIpc) is 3.44. The largest absolute Gasteiger partial charge is 0.454 e. The van der Waals surface area contributed by atoms with E-state index in [1.165, 1.54) is 4.68 Å². The van der Waals surface area contributed by atoms with E-state index in [0.717, 1.165) is 5.56 Å². The number of carbonyl (C=O) groups excluding carboxylic acids is 1. The normalized spacial score (nSPS) is 12.3. The quantitative estimate of drug-likeness (QED) is 0.539. The highest BCUT2D eigenvalue weighted by Gasteiger charge is 2.17. The Hall–Kier alpha value is -4.14. The molecule has 150 valence electrons. The molecule has 0 atom stereocenters. The van der Waals surface area contributed by atoms with E-state index in [-0.39, 0.29) is 24.8 Å². The van der Waals surface area contributed by atoms with Crippen LogP contribution < -0.4 is 20.3 Å². The van der Waals surface area contributed by atoms with Crippen LogP contribution in [0.1, 0.15) is 16.2 Å². The van der Waals surface area contributed by atoms with E-state index >= 15 is 0 Å². The summed E-state index contributed by atoms with van der Waals surface area (Å²) in [4.78, 5) is 24.8. The monoisotopic (exact) mass is 403 g/mol. The minimum atomic E-state index is -0.325. The molecule has 0 saturated heterocycles. The van der Waals surface area contributed by atoms with Gasteiger partial charge in [0.25, 0.3) is 11.5 Å². The summed E-state index contributed by atoms with van der Waals surface area (Å²) in [5.74, 6) is 1.01. The van der Waals surface area contributed by atoms with E-state index in [9.17, 15) is 9.59 Å². The van der Waals surface area contributed by atoms with Crippen molar-refractivity contribution in [1.29, 1.82) is 0 Å². The van der Waals surface area contributed by atoms with Crippen LogP contribution >= 0.6 is 0 Å². The van der Waals surface area contributed by atoms with Crippen LogP contribution in [-0.2, 0) is 13.6 Å². The minimum Gasteiger partial charge on any atom is -0.454 e. The molecule has 4 aromatic rings. The zero-order valence-electron chi connectivity index (χ0n) is 16.0. The number of H-pyrrole nitrogens is 1. The fraction of sp³-hybridized carbons (Fsp3) is 0.143. The fourth-order valence-corrected chi connectivity index (χ4v) is 3.41. The molecular weight excluding hydrogens is 386 g/mol. The van der Waals surface area contributed by atoms with Crippen LogP contribution in [-0.4, -0.2) is 32.7 Å². The zero-order valence-corrected chi connectivity index (χ0v) is 16.0.